The first-order chi connectivity index (χ1) is 11.3. The minimum absolute atomic E-state index is 0.0653. The molecule has 1 aromatic carbocycles. The number of amides is 2. The number of carbonyl (C=O) groups excluding carboxylic acids is 2. The Kier molecular flexibility index (Phi) is 5.54. The highest BCUT2D eigenvalue weighted by Crippen LogP contribution is 2.27. The number of carbonyl (C=O) groups is 2. The van der Waals surface area contributed by atoms with Crippen molar-refractivity contribution in [2.75, 3.05) is 18.1 Å². The van der Waals surface area contributed by atoms with Gasteiger partial charge in [0.05, 0.1) is 0 Å². The standard InChI is InChI=1S/C17H22F2N2O3/c1-3-17(2,7-9-22)20-15(23)12-6-8-21(16(12)24)11-4-5-13(18)14(19)10-11/h4-5,10,12,22H,3,6-9H2,1-2H3,(H,20,23). The van der Waals surface area contributed by atoms with Crippen LogP contribution in [0.3, 0.4) is 0 Å². The molecule has 1 heterocycles. The molecule has 2 unspecified atom stereocenters. The lowest BCUT2D eigenvalue weighted by atomic mass is 9.93. The van der Waals surface area contributed by atoms with Crippen molar-refractivity contribution in [1.29, 1.82) is 0 Å². The molecule has 1 fully saturated rings. The minimum atomic E-state index is -1.03. The van der Waals surface area contributed by atoms with Crippen LogP contribution in [0.15, 0.2) is 18.2 Å². The molecule has 7 heteroatoms. The molecule has 24 heavy (non-hydrogen) atoms. The van der Waals surface area contributed by atoms with Gasteiger partial charge in [0, 0.05) is 30.4 Å². The average molecular weight is 340 g/mol. The smallest absolute Gasteiger partial charge is 0.239 e. The Morgan fingerprint density at radius 3 is 2.71 bits per heavy atom. The first-order valence-electron chi connectivity index (χ1n) is 8.00. The number of hydrogen-bond acceptors (Lipinski definition) is 3. The van der Waals surface area contributed by atoms with Crippen LogP contribution in [0.5, 0.6) is 0 Å². The highest BCUT2D eigenvalue weighted by molar-refractivity contribution is 6.09. The summed E-state index contributed by atoms with van der Waals surface area (Å²) < 4.78 is 26.4. The van der Waals surface area contributed by atoms with E-state index in [1.54, 1.807) is 0 Å². The minimum Gasteiger partial charge on any atom is -0.396 e. The molecule has 1 aromatic rings. The quantitative estimate of drug-likeness (QED) is 0.778. The molecule has 2 amide bonds. The molecule has 2 N–H and O–H groups in total. The number of nitrogens with zero attached hydrogens (tertiary/aromatic N) is 1. The van der Waals surface area contributed by atoms with Gasteiger partial charge in [0.1, 0.15) is 5.92 Å². The molecular formula is C17H22F2N2O3. The van der Waals surface area contributed by atoms with Crippen LogP contribution in [-0.2, 0) is 9.59 Å². The first-order valence-corrected chi connectivity index (χ1v) is 8.00. The van der Waals surface area contributed by atoms with Gasteiger partial charge in [-0.15, -0.1) is 0 Å². The molecule has 1 aliphatic heterocycles. The van der Waals surface area contributed by atoms with E-state index >= 15 is 0 Å². The third-order valence-electron chi connectivity index (χ3n) is 4.61. The molecular weight excluding hydrogens is 318 g/mol. The van der Waals surface area contributed by atoms with Crippen LogP contribution in [0.1, 0.15) is 33.1 Å². The van der Waals surface area contributed by atoms with Crippen molar-refractivity contribution >= 4 is 17.5 Å². The lowest BCUT2D eigenvalue weighted by molar-refractivity contribution is -0.133. The van der Waals surface area contributed by atoms with Crippen LogP contribution in [0.4, 0.5) is 14.5 Å². The fourth-order valence-electron chi connectivity index (χ4n) is 2.79. The summed E-state index contributed by atoms with van der Waals surface area (Å²) in [4.78, 5) is 26.2. The monoisotopic (exact) mass is 340 g/mol. The lowest BCUT2D eigenvalue weighted by Gasteiger charge is -2.30. The number of aliphatic hydroxyl groups excluding tert-OH is 1. The van der Waals surface area contributed by atoms with Crippen LogP contribution in [0, 0.1) is 17.6 Å². The van der Waals surface area contributed by atoms with Crippen molar-refractivity contribution in [2.45, 2.75) is 38.6 Å². The lowest BCUT2D eigenvalue weighted by Crippen LogP contribution is -2.49. The summed E-state index contributed by atoms with van der Waals surface area (Å²) >= 11 is 0. The second-order valence-corrected chi connectivity index (χ2v) is 6.31. The van der Waals surface area contributed by atoms with E-state index in [0.29, 0.717) is 19.3 Å². The molecule has 0 aliphatic carbocycles. The van der Waals surface area contributed by atoms with Crippen molar-refractivity contribution in [2.24, 2.45) is 5.92 Å². The van der Waals surface area contributed by atoms with Gasteiger partial charge in [-0.2, -0.15) is 0 Å². The van der Waals surface area contributed by atoms with Gasteiger partial charge in [-0.25, -0.2) is 8.78 Å². The fourth-order valence-corrected chi connectivity index (χ4v) is 2.79. The van der Waals surface area contributed by atoms with E-state index in [2.05, 4.69) is 5.32 Å². The molecule has 0 radical (unpaired) electrons. The Bertz CT molecular complexity index is 638. The van der Waals surface area contributed by atoms with E-state index in [1.165, 1.54) is 11.0 Å². The van der Waals surface area contributed by atoms with E-state index in [9.17, 15) is 18.4 Å². The number of anilines is 1. The number of hydrogen-bond donors (Lipinski definition) is 2. The highest BCUT2D eigenvalue weighted by atomic mass is 19.2. The van der Waals surface area contributed by atoms with E-state index in [4.69, 9.17) is 5.11 Å². The van der Waals surface area contributed by atoms with E-state index in [-0.39, 0.29) is 18.8 Å². The zero-order chi connectivity index (χ0) is 17.9. The van der Waals surface area contributed by atoms with Gasteiger partial charge in [-0.1, -0.05) is 6.92 Å². The maximum absolute atomic E-state index is 13.4. The Labute approximate surface area is 139 Å². The zero-order valence-corrected chi connectivity index (χ0v) is 13.8. The van der Waals surface area contributed by atoms with Crippen LogP contribution in [0.25, 0.3) is 0 Å². The summed E-state index contributed by atoms with van der Waals surface area (Å²) in [6, 6.07) is 3.23. The maximum atomic E-state index is 13.4. The van der Waals surface area contributed by atoms with E-state index in [0.717, 1.165) is 12.1 Å². The van der Waals surface area contributed by atoms with Gasteiger partial charge in [0.25, 0.3) is 0 Å². The van der Waals surface area contributed by atoms with Crippen LogP contribution < -0.4 is 10.2 Å². The maximum Gasteiger partial charge on any atom is 0.239 e. The Balaban J connectivity index is 2.10. The number of nitrogens with one attached hydrogen (secondary N) is 1. The Morgan fingerprint density at radius 2 is 2.12 bits per heavy atom. The third-order valence-corrected chi connectivity index (χ3v) is 4.61. The van der Waals surface area contributed by atoms with Gasteiger partial charge in [-0.3, -0.25) is 9.59 Å². The predicted molar refractivity (Wildman–Crippen MR) is 85.4 cm³/mol. The predicted octanol–water partition coefficient (Wildman–Crippen LogP) is 1.98. The number of benzene rings is 1. The Morgan fingerprint density at radius 1 is 1.42 bits per heavy atom. The van der Waals surface area contributed by atoms with Gasteiger partial charge in [0.15, 0.2) is 11.6 Å². The second-order valence-electron chi connectivity index (χ2n) is 6.31. The SMILES string of the molecule is CCC(C)(CCO)NC(=O)C1CCN(c2ccc(F)c(F)c2)C1=O. The fraction of sp³-hybridized carbons (Fsp3) is 0.529. The topological polar surface area (TPSA) is 69.6 Å². The molecule has 0 aromatic heterocycles. The molecule has 1 aliphatic rings. The van der Waals surface area contributed by atoms with Gasteiger partial charge in [0.2, 0.25) is 11.8 Å². The van der Waals surface area contributed by atoms with Crippen LogP contribution in [0.2, 0.25) is 0 Å². The van der Waals surface area contributed by atoms with Gasteiger partial charge >= 0.3 is 0 Å². The average Bonchev–Trinajstić information content (AvgIpc) is 2.92. The van der Waals surface area contributed by atoms with E-state index in [1.807, 2.05) is 13.8 Å². The van der Waals surface area contributed by atoms with Gasteiger partial charge in [-0.05, 0) is 38.3 Å². The van der Waals surface area contributed by atoms with Crippen molar-refractivity contribution in [3.8, 4) is 0 Å². The van der Waals surface area contributed by atoms with Crippen LogP contribution >= 0.6 is 0 Å². The molecule has 5 nitrogen and oxygen atoms in total. The van der Waals surface area contributed by atoms with Crippen molar-refractivity contribution in [3.05, 3.63) is 29.8 Å². The summed E-state index contributed by atoms with van der Waals surface area (Å²) in [5.41, 5.74) is -0.343. The highest BCUT2D eigenvalue weighted by Gasteiger charge is 2.39. The summed E-state index contributed by atoms with van der Waals surface area (Å²) in [5.74, 6) is -3.70. The molecule has 2 rings (SSSR count). The molecule has 0 bridgehead atoms. The largest absolute Gasteiger partial charge is 0.396 e. The number of aliphatic hydroxyl groups is 1. The summed E-state index contributed by atoms with van der Waals surface area (Å²) in [7, 11) is 0. The second kappa shape index (κ2) is 7.25. The molecule has 0 saturated carbocycles. The number of halogens is 2. The number of rotatable bonds is 6. The van der Waals surface area contributed by atoms with Crippen molar-refractivity contribution in [1.82, 2.24) is 5.32 Å². The summed E-state index contributed by atoms with van der Waals surface area (Å²) in [6.07, 6.45) is 1.32. The van der Waals surface area contributed by atoms with Crippen molar-refractivity contribution in [3.63, 3.8) is 0 Å². The molecule has 2 atom stereocenters. The normalized spacial score (nSPS) is 20.1. The molecule has 1 saturated heterocycles. The first kappa shape index (κ1) is 18.3. The molecule has 132 valence electrons. The van der Waals surface area contributed by atoms with Crippen LogP contribution in [-0.4, -0.2) is 35.6 Å². The van der Waals surface area contributed by atoms with E-state index < -0.39 is 34.9 Å². The molecule has 0 spiro atoms. The summed E-state index contributed by atoms with van der Waals surface area (Å²) in [6.45, 7) is 3.91. The Hall–Kier alpha value is -2.02. The van der Waals surface area contributed by atoms with Crippen molar-refractivity contribution < 1.29 is 23.5 Å². The third kappa shape index (κ3) is 3.72. The van der Waals surface area contributed by atoms with Gasteiger partial charge < -0.3 is 15.3 Å². The summed E-state index contributed by atoms with van der Waals surface area (Å²) in [5, 5.41) is 11.9. The zero-order valence-electron chi connectivity index (χ0n) is 13.8.